The lowest BCUT2D eigenvalue weighted by atomic mass is 10.1. The van der Waals surface area contributed by atoms with E-state index in [0.717, 1.165) is 73.4 Å². The van der Waals surface area contributed by atoms with Crippen molar-refractivity contribution in [3.63, 3.8) is 0 Å². The number of nitrogens with one attached hydrogen (secondary N) is 2. The van der Waals surface area contributed by atoms with Crippen LogP contribution in [-0.4, -0.2) is 73.9 Å². The molecule has 0 spiro atoms. The van der Waals surface area contributed by atoms with E-state index in [2.05, 4.69) is 52.0 Å². The van der Waals surface area contributed by atoms with Crippen LogP contribution in [0, 0.1) is 0 Å². The molecule has 35 heavy (non-hydrogen) atoms. The zero-order valence-corrected chi connectivity index (χ0v) is 21.7. The van der Waals surface area contributed by atoms with Gasteiger partial charge in [-0.15, -0.1) is 11.8 Å². The normalized spacial score (nSPS) is 19.3. The van der Waals surface area contributed by atoms with E-state index in [1.165, 1.54) is 11.1 Å². The van der Waals surface area contributed by atoms with Gasteiger partial charge in [0.1, 0.15) is 5.52 Å². The van der Waals surface area contributed by atoms with Gasteiger partial charge in [-0.05, 0) is 51.5 Å². The number of hydrogen-bond acceptors (Lipinski definition) is 8. The second-order valence-corrected chi connectivity index (χ2v) is 10.6. The van der Waals surface area contributed by atoms with Crippen LogP contribution in [-0.2, 0) is 11.8 Å². The van der Waals surface area contributed by atoms with E-state index < -0.39 is 0 Å². The first-order valence-corrected chi connectivity index (χ1v) is 13.1. The summed E-state index contributed by atoms with van der Waals surface area (Å²) in [5, 5.41) is 12.9. The number of aryl methyl sites for hydroxylation is 1. The van der Waals surface area contributed by atoms with Crippen LogP contribution < -0.4 is 10.6 Å². The molecule has 1 saturated heterocycles. The van der Waals surface area contributed by atoms with Gasteiger partial charge in [0, 0.05) is 44.3 Å². The fourth-order valence-electron chi connectivity index (χ4n) is 4.43. The standard InChI is InChI=1S/C25H34N8OS/c1-17-14-22(35-19(3)18(17)2)29-25-28-21-6-9-33(20-15-27-31(4)16-20)23(21)24(30-25)26-7-5-8-32-10-12-34-13-11-32/h6,9,14-16,19H,5,7-8,10-13H2,1-4H3,(H2,26,28,29,30)/t19-/m0/s1. The molecule has 2 aliphatic heterocycles. The number of nitrogens with zero attached hydrogens (tertiary/aromatic N) is 6. The summed E-state index contributed by atoms with van der Waals surface area (Å²) in [5.41, 5.74) is 5.54. The third kappa shape index (κ3) is 5.39. The average Bonchev–Trinajstić information content (AvgIpc) is 3.47. The van der Waals surface area contributed by atoms with E-state index >= 15 is 0 Å². The predicted molar refractivity (Wildman–Crippen MR) is 143 cm³/mol. The van der Waals surface area contributed by atoms with E-state index in [-0.39, 0.29) is 0 Å². The van der Waals surface area contributed by atoms with E-state index in [0.29, 0.717) is 11.2 Å². The zero-order chi connectivity index (χ0) is 24.4. The van der Waals surface area contributed by atoms with Gasteiger partial charge in [0.15, 0.2) is 5.82 Å². The van der Waals surface area contributed by atoms with Crippen LogP contribution in [0.15, 0.2) is 46.9 Å². The largest absolute Gasteiger partial charge is 0.379 e. The first-order valence-electron chi connectivity index (χ1n) is 12.2. The minimum Gasteiger partial charge on any atom is -0.379 e. The Hall–Kier alpha value is -2.82. The summed E-state index contributed by atoms with van der Waals surface area (Å²) < 4.78 is 9.37. The molecule has 9 nitrogen and oxygen atoms in total. The van der Waals surface area contributed by atoms with Crippen LogP contribution in [0.4, 0.5) is 11.8 Å². The first-order chi connectivity index (χ1) is 17.0. The van der Waals surface area contributed by atoms with Crippen molar-refractivity contribution in [3.05, 3.63) is 46.9 Å². The maximum atomic E-state index is 5.47. The predicted octanol–water partition coefficient (Wildman–Crippen LogP) is 4.01. The van der Waals surface area contributed by atoms with Crippen molar-refractivity contribution >= 4 is 34.6 Å². The molecule has 5 rings (SSSR count). The number of thioether (sulfide) groups is 1. The minimum atomic E-state index is 0.427. The highest BCUT2D eigenvalue weighted by Gasteiger charge is 2.19. The maximum absolute atomic E-state index is 5.47. The fraction of sp³-hybridized carbons (Fsp3) is 0.480. The molecule has 3 aromatic rings. The number of allylic oxidation sites excluding steroid dienone is 2. The third-order valence-corrected chi connectivity index (χ3v) is 7.85. The van der Waals surface area contributed by atoms with Gasteiger partial charge in [0.05, 0.1) is 35.6 Å². The van der Waals surface area contributed by atoms with E-state index in [1.807, 2.05) is 31.7 Å². The Morgan fingerprint density at radius 3 is 2.77 bits per heavy atom. The molecule has 0 bridgehead atoms. The summed E-state index contributed by atoms with van der Waals surface area (Å²) in [6.07, 6.45) is 9.10. The molecule has 0 aromatic carbocycles. The lowest BCUT2D eigenvalue weighted by Crippen LogP contribution is -2.37. The quantitative estimate of drug-likeness (QED) is 0.455. The summed E-state index contributed by atoms with van der Waals surface area (Å²) in [7, 11) is 1.92. The van der Waals surface area contributed by atoms with Gasteiger partial charge in [-0.3, -0.25) is 9.58 Å². The Kier molecular flexibility index (Phi) is 7.12. The van der Waals surface area contributed by atoms with Crippen molar-refractivity contribution in [2.24, 2.45) is 7.05 Å². The lowest BCUT2D eigenvalue weighted by molar-refractivity contribution is 0.0378. The Morgan fingerprint density at radius 1 is 1.20 bits per heavy atom. The Bertz CT molecular complexity index is 1250. The summed E-state index contributed by atoms with van der Waals surface area (Å²) >= 11 is 1.81. The summed E-state index contributed by atoms with van der Waals surface area (Å²) in [4.78, 5) is 12.2. The molecule has 2 N–H and O–H groups in total. The fourth-order valence-corrected chi connectivity index (χ4v) is 5.57. The molecule has 1 atom stereocenters. The second kappa shape index (κ2) is 10.4. The molecule has 186 valence electrons. The third-order valence-electron chi connectivity index (χ3n) is 6.67. The van der Waals surface area contributed by atoms with Crippen molar-refractivity contribution in [1.82, 2.24) is 29.2 Å². The number of anilines is 2. The molecule has 1 fully saturated rings. The molecule has 0 radical (unpaired) electrons. The van der Waals surface area contributed by atoms with Gasteiger partial charge < -0.3 is 19.9 Å². The van der Waals surface area contributed by atoms with E-state index in [4.69, 9.17) is 14.7 Å². The summed E-state index contributed by atoms with van der Waals surface area (Å²) in [6.45, 7) is 12.1. The topological polar surface area (TPSA) is 85.1 Å². The lowest BCUT2D eigenvalue weighted by Gasteiger charge is -2.26. The smallest absolute Gasteiger partial charge is 0.230 e. The summed E-state index contributed by atoms with van der Waals surface area (Å²) in [5.74, 6) is 1.43. The van der Waals surface area contributed by atoms with Gasteiger partial charge >= 0.3 is 0 Å². The molecule has 0 unspecified atom stereocenters. The number of hydrogen-bond donors (Lipinski definition) is 2. The van der Waals surface area contributed by atoms with Crippen LogP contribution in [0.2, 0.25) is 0 Å². The van der Waals surface area contributed by atoms with Crippen molar-refractivity contribution in [2.75, 3.05) is 50.0 Å². The highest BCUT2D eigenvalue weighted by atomic mass is 32.2. The maximum Gasteiger partial charge on any atom is 0.230 e. The molecule has 0 amide bonds. The van der Waals surface area contributed by atoms with Crippen LogP contribution >= 0.6 is 11.8 Å². The van der Waals surface area contributed by atoms with Crippen molar-refractivity contribution < 1.29 is 4.74 Å². The van der Waals surface area contributed by atoms with E-state index in [9.17, 15) is 0 Å². The monoisotopic (exact) mass is 494 g/mol. The minimum absolute atomic E-state index is 0.427. The number of morpholine rings is 1. The van der Waals surface area contributed by atoms with Gasteiger partial charge in [-0.2, -0.15) is 10.1 Å². The number of fused-ring (bicyclic) bond motifs is 1. The zero-order valence-electron chi connectivity index (χ0n) is 20.9. The molecule has 2 aliphatic rings. The highest BCUT2D eigenvalue weighted by Crippen LogP contribution is 2.35. The SMILES string of the molecule is CC1=C(C)[C@H](C)SC(Nc2nc(NCCCN3CCOCC3)c3c(ccn3-c3cnn(C)c3)n2)=C1. The molecule has 0 aliphatic carbocycles. The van der Waals surface area contributed by atoms with Gasteiger partial charge in [0.25, 0.3) is 0 Å². The molecule has 5 heterocycles. The Balaban J connectivity index is 1.40. The Labute approximate surface area is 210 Å². The number of rotatable bonds is 8. The van der Waals surface area contributed by atoms with Crippen molar-refractivity contribution in [1.29, 1.82) is 0 Å². The van der Waals surface area contributed by atoms with Crippen molar-refractivity contribution in [3.8, 4) is 5.69 Å². The van der Waals surface area contributed by atoms with Gasteiger partial charge in [0.2, 0.25) is 5.95 Å². The summed E-state index contributed by atoms with van der Waals surface area (Å²) in [6, 6.07) is 2.04. The van der Waals surface area contributed by atoms with Crippen LogP contribution in [0.3, 0.4) is 0 Å². The van der Waals surface area contributed by atoms with Gasteiger partial charge in [-0.1, -0.05) is 5.57 Å². The van der Waals surface area contributed by atoms with Crippen LogP contribution in [0.5, 0.6) is 0 Å². The molecule has 10 heteroatoms. The molecular formula is C25H34N8OS. The Morgan fingerprint density at radius 2 is 2.03 bits per heavy atom. The van der Waals surface area contributed by atoms with Gasteiger partial charge in [-0.25, -0.2) is 4.98 Å². The first kappa shape index (κ1) is 23.9. The average molecular weight is 495 g/mol. The van der Waals surface area contributed by atoms with E-state index in [1.54, 1.807) is 16.4 Å². The molecule has 0 saturated carbocycles. The number of ether oxygens (including phenoxy) is 1. The van der Waals surface area contributed by atoms with Crippen LogP contribution in [0.25, 0.3) is 16.7 Å². The molecule has 3 aromatic heterocycles. The van der Waals surface area contributed by atoms with Crippen LogP contribution in [0.1, 0.15) is 27.2 Å². The van der Waals surface area contributed by atoms with Crippen molar-refractivity contribution in [2.45, 2.75) is 32.4 Å². The highest BCUT2D eigenvalue weighted by molar-refractivity contribution is 8.04. The second-order valence-electron chi connectivity index (χ2n) is 9.18. The molecular weight excluding hydrogens is 460 g/mol. The number of aromatic nitrogens is 5.